The molecule has 2 rings (SSSR count). The predicted octanol–water partition coefficient (Wildman–Crippen LogP) is 3.53. The molecule has 0 atom stereocenters. The first-order chi connectivity index (χ1) is 9.88. The average Bonchev–Trinajstić information content (AvgIpc) is 2.40. The maximum absolute atomic E-state index is 10.9. The van der Waals surface area contributed by atoms with E-state index in [9.17, 15) is 20.2 Å². The van der Waals surface area contributed by atoms with E-state index >= 15 is 0 Å². The van der Waals surface area contributed by atoms with E-state index in [0.717, 1.165) is 12.1 Å². The number of halogens is 1. The van der Waals surface area contributed by atoms with Crippen LogP contribution in [0, 0.1) is 20.2 Å². The molecule has 0 saturated carbocycles. The van der Waals surface area contributed by atoms with E-state index in [0.29, 0.717) is 0 Å². The fourth-order valence-corrected chi connectivity index (χ4v) is 1.78. The number of anilines is 1. The van der Waals surface area contributed by atoms with Gasteiger partial charge in [0.1, 0.15) is 11.4 Å². The summed E-state index contributed by atoms with van der Waals surface area (Å²) in [6.45, 7) is 0. The highest BCUT2D eigenvalue weighted by molar-refractivity contribution is 6.30. The average molecular weight is 310 g/mol. The van der Waals surface area contributed by atoms with Crippen molar-refractivity contribution >= 4 is 28.7 Å². The predicted molar refractivity (Wildman–Crippen MR) is 75.7 cm³/mol. The Hall–Kier alpha value is -2.87. The van der Waals surface area contributed by atoms with E-state index in [1.54, 1.807) is 0 Å². The summed E-state index contributed by atoms with van der Waals surface area (Å²) in [5.41, 5.74) is 4.83. The second-order valence-electron chi connectivity index (χ2n) is 3.95. The molecular weight excluding hydrogens is 302 g/mol. The molecule has 2 aromatic carbocycles. The van der Waals surface area contributed by atoms with Gasteiger partial charge >= 0.3 is 5.69 Å². The van der Waals surface area contributed by atoms with Crippen LogP contribution < -0.4 is 10.5 Å². The van der Waals surface area contributed by atoms with Gasteiger partial charge in [0, 0.05) is 23.2 Å². The van der Waals surface area contributed by atoms with Gasteiger partial charge in [-0.15, -0.1) is 0 Å². The molecule has 0 spiro atoms. The number of ether oxygens (including phenoxy) is 1. The Bertz CT molecular complexity index is 735. The normalized spacial score (nSPS) is 10.1. The molecule has 0 saturated heterocycles. The molecule has 0 heterocycles. The Morgan fingerprint density at radius 2 is 1.67 bits per heavy atom. The minimum atomic E-state index is -0.643. The lowest BCUT2D eigenvalue weighted by Gasteiger charge is -2.07. The molecule has 0 unspecified atom stereocenters. The summed E-state index contributed by atoms with van der Waals surface area (Å²) in [7, 11) is 0. The molecule has 9 heteroatoms. The largest absolute Gasteiger partial charge is 0.450 e. The van der Waals surface area contributed by atoms with Crippen LogP contribution in [0.2, 0.25) is 5.02 Å². The van der Waals surface area contributed by atoms with Crippen molar-refractivity contribution in [2.24, 2.45) is 0 Å². The van der Waals surface area contributed by atoms with Crippen LogP contribution in [0.5, 0.6) is 11.5 Å². The van der Waals surface area contributed by atoms with Gasteiger partial charge in [-0.2, -0.15) is 0 Å². The topological polar surface area (TPSA) is 122 Å². The highest BCUT2D eigenvalue weighted by Crippen LogP contribution is 2.35. The van der Waals surface area contributed by atoms with Crippen LogP contribution in [0.4, 0.5) is 17.1 Å². The molecule has 0 amide bonds. The summed E-state index contributed by atoms with van der Waals surface area (Å²) >= 11 is 5.69. The van der Waals surface area contributed by atoms with E-state index in [1.807, 2.05) is 0 Å². The van der Waals surface area contributed by atoms with Gasteiger partial charge in [-0.05, 0) is 18.2 Å². The fourth-order valence-electron chi connectivity index (χ4n) is 1.61. The SMILES string of the molecule is Nc1cc(Oc2ccc(Cl)cc2[N+](=O)[O-])ccc1[N+](=O)[O-]. The Morgan fingerprint density at radius 1 is 1.00 bits per heavy atom. The molecule has 2 N–H and O–H groups in total. The van der Waals surface area contributed by atoms with Gasteiger partial charge in [0.15, 0.2) is 0 Å². The molecule has 0 fully saturated rings. The van der Waals surface area contributed by atoms with Gasteiger partial charge in [-0.1, -0.05) is 11.6 Å². The summed E-state index contributed by atoms with van der Waals surface area (Å²) in [5.74, 6) is 0.0983. The summed E-state index contributed by atoms with van der Waals surface area (Å²) in [4.78, 5) is 20.3. The summed E-state index contributed by atoms with van der Waals surface area (Å²) in [6.07, 6.45) is 0. The zero-order chi connectivity index (χ0) is 15.6. The number of nitrogens with zero attached hydrogens (tertiary/aromatic N) is 2. The van der Waals surface area contributed by atoms with E-state index < -0.39 is 9.85 Å². The number of nitro benzene ring substituents is 2. The third-order valence-corrected chi connectivity index (χ3v) is 2.78. The molecule has 0 bridgehead atoms. The minimum Gasteiger partial charge on any atom is -0.450 e. The number of hydrogen-bond donors (Lipinski definition) is 1. The molecule has 0 aromatic heterocycles. The second kappa shape index (κ2) is 5.63. The Kier molecular flexibility index (Phi) is 3.90. The first kappa shape index (κ1) is 14.5. The molecule has 0 radical (unpaired) electrons. The van der Waals surface area contributed by atoms with Crippen LogP contribution in [-0.2, 0) is 0 Å². The van der Waals surface area contributed by atoms with Crippen molar-refractivity contribution in [1.29, 1.82) is 0 Å². The maximum atomic E-state index is 10.9. The van der Waals surface area contributed by atoms with Gasteiger partial charge in [0.2, 0.25) is 5.75 Å². The molecule has 0 aliphatic carbocycles. The zero-order valence-electron chi connectivity index (χ0n) is 10.4. The molecule has 21 heavy (non-hydrogen) atoms. The van der Waals surface area contributed by atoms with E-state index in [-0.39, 0.29) is 33.6 Å². The van der Waals surface area contributed by atoms with E-state index in [4.69, 9.17) is 22.1 Å². The van der Waals surface area contributed by atoms with Crippen molar-refractivity contribution in [2.75, 3.05) is 5.73 Å². The van der Waals surface area contributed by atoms with Gasteiger partial charge in [0.25, 0.3) is 5.69 Å². The van der Waals surface area contributed by atoms with Gasteiger partial charge < -0.3 is 10.5 Å². The fraction of sp³-hybridized carbons (Fsp3) is 0. The number of nitrogen functional groups attached to an aromatic ring is 1. The van der Waals surface area contributed by atoms with Crippen molar-refractivity contribution in [3.05, 3.63) is 61.6 Å². The van der Waals surface area contributed by atoms with Gasteiger partial charge in [-0.3, -0.25) is 20.2 Å². The van der Waals surface area contributed by atoms with Crippen LogP contribution in [0.3, 0.4) is 0 Å². The Balaban J connectivity index is 2.37. The van der Waals surface area contributed by atoms with Gasteiger partial charge in [0.05, 0.1) is 9.85 Å². The maximum Gasteiger partial charge on any atom is 0.313 e. The molecular formula is C12H8ClN3O5. The van der Waals surface area contributed by atoms with E-state index in [2.05, 4.69) is 0 Å². The zero-order valence-corrected chi connectivity index (χ0v) is 11.1. The number of rotatable bonds is 4. The summed E-state index contributed by atoms with van der Waals surface area (Å²) in [5, 5.41) is 21.8. The molecule has 0 aliphatic heterocycles. The van der Waals surface area contributed by atoms with Crippen LogP contribution >= 0.6 is 11.6 Å². The highest BCUT2D eigenvalue weighted by Gasteiger charge is 2.18. The number of hydrogen-bond acceptors (Lipinski definition) is 6. The summed E-state index contributed by atoms with van der Waals surface area (Å²) in [6, 6.07) is 7.58. The van der Waals surface area contributed by atoms with Crippen LogP contribution in [-0.4, -0.2) is 9.85 Å². The smallest absolute Gasteiger partial charge is 0.313 e. The highest BCUT2D eigenvalue weighted by atomic mass is 35.5. The number of nitrogens with two attached hydrogens (primary N) is 1. The lowest BCUT2D eigenvalue weighted by Crippen LogP contribution is -1.97. The van der Waals surface area contributed by atoms with Crippen LogP contribution in [0.25, 0.3) is 0 Å². The Labute approximate surface area is 123 Å². The quantitative estimate of drug-likeness (QED) is 0.523. The third kappa shape index (κ3) is 3.18. The lowest BCUT2D eigenvalue weighted by molar-refractivity contribution is -0.385. The first-order valence-electron chi connectivity index (χ1n) is 5.54. The molecule has 2 aromatic rings. The van der Waals surface area contributed by atoms with Crippen molar-refractivity contribution in [3.63, 3.8) is 0 Å². The van der Waals surface area contributed by atoms with E-state index in [1.165, 1.54) is 24.3 Å². The van der Waals surface area contributed by atoms with Crippen molar-refractivity contribution in [1.82, 2.24) is 0 Å². The second-order valence-corrected chi connectivity index (χ2v) is 4.39. The minimum absolute atomic E-state index is 0.0438. The van der Waals surface area contributed by atoms with Crippen LogP contribution in [0.1, 0.15) is 0 Å². The molecule has 0 aliphatic rings. The monoisotopic (exact) mass is 309 g/mol. The van der Waals surface area contributed by atoms with Crippen molar-refractivity contribution in [2.45, 2.75) is 0 Å². The first-order valence-corrected chi connectivity index (χ1v) is 5.92. The molecule has 108 valence electrons. The summed E-state index contributed by atoms with van der Waals surface area (Å²) < 4.78 is 5.34. The number of nitro groups is 2. The number of benzene rings is 2. The molecule has 8 nitrogen and oxygen atoms in total. The lowest BCUT2D eigenvalue weighted by atomic mass is 10.2. The van der Waals surface area contributed by atoms with Crippen molar-refractivity contribution in [3.8, 4) is 11.5 Å². The van der Waals surface area contributed by atoms with Crippen molar-refractivity contribution < 1.29 is 14.6 Å². The Morgan fingerprint density at radius 3 is 2.24 bits per heavy atom. The standard InChI is InChI=1S/C12H8ClN3O5/c13-7-1-4-12(11(5-7)16(19)20)21-8-2-3-10(15(17)18)9(14)6-8/h1-6H,14H2. The van der Waals surface area contributed by atoms with Gasteiger partial charge in [-0.25, -0.2) is 0 Å². The third-order valence-electron chi connectivity index (χ3n) is 2.54. The van der Waals surface area contributed by atoms with Crippen LogP contribution in [0.15, 0.2) is 36.4 Å².